The number of thiazole rings is 1. The molecule has 3 amide bonds. The molecule has 0 fully saturated rings. The van der Waals surface area contributed by atoms with Crippen LogP contribution in [0.5, 0.6) is 0 Å². The van der Waals surface area contributed by atoms with Crippen molar-refractivity contribution < 1.29 is 14.4 Å². The van der Waals surface area contributed by atoms with Crippen LogP contribution in [0.25, 0.3) is 10.2 Å². The van der Waals surface area contributed by atoms with Crippen molar-refractivity contribution in [2.75, 3.05) is 33.2 Å². The third kappa shape index (κ3) is 7.82. The van der Waals surface area contributed by atoms with E-state index in [9.17, 15) is 14.4 Å². The summed E-state index contributed by atoms with van der Waals surface area (Å²) in [4.78, 5) is 41.5. The number of hydrogen-bond donors (Lipinski definition) is 3. The van der Waals surface area contributed by atoms with Crippen LogP contribution in [0, 0.1) is 13.8 Å². The van der Waals surface area contributed by atoms with Gasteiger partial charge in [-0.2, -0.15) is 0 Å². The number of para-hydroxylation sites is 2. The second-order valence-corrected chi connectivity index (χ2v) is 11.5. The summed E-state index contributed by atoms with van der Waals surface area (Å²) in [6.07, 6.45) is 0. The predicted octanol–water partition coefficient (Wildman–Crippen LogP) is 5.95. The summed E-state index contributed by atoms with van der Waals surface area (Å²) in [6, 6.07) is 20.7. The first-order chi connectivity index (χ1) is 17.9. The van der Waals surface area contributed by atoms with Gasteiger partial charge in [0.05, 0.1) is 27.5 Å². The Morgan fingerprint density at radius 2 is 1.41 bits per heavy atom. The molecule has 0 saturated heterocycles. The lowest BCUT2D eigenvalue weighted by atomic mass is 10.1. The zero-order valence-electron chi connectivity index (χ0n) is 20.4. The third-order valence-corrected chi connectivity index (χ3v) is 8.34. The maximum absolute atomic E-state index is 12.4. The maximum Gasteiger partial charge on any atom is 0.234 e. The Morgan fingerprint density at radius 3 is 2.14 bits per heavy atom. The van der Waals surface area contributed by atoms with Crippen LogP contribution in [-0.4, -0.2) is 40.0 Å². The number of carbonyl (C=O) groups is 3. The number of fused-ring (bicyclic) bond motifs is 1. The molecule has 0 aliphatic carbocycles. The SMILES string of the molecule is Cc1cccc(C)c1NC(=O)CSCC(=O)Nc1ccc2nc(SCC(=O)Nc3ccccc3)sc2c1. The first-order valence-corrected chi connectivity index (χ1v) is 14.4. The molecule has 0 aliphatic heterocycles. The molecule has 0 aliphatic rings. The summed E-state index contributed by atoms with van der Waals surface area (Å²) in [5.41, 5.74) is 5.08. The van der Waals surface area contributed by atoms with Crippen molar-refractivity contribution in [2.45, 2.75) is 18.2 Å². The normalized spacial score (nSPS) is 10.8. The van der Waals surface area contributed by atoms with Crippen molar-refractivity contribution in [3.05, 3.63) is 77.9 Å². The molecule has 0 bridgehead atoms. The minimum atomic E-state index is -0.180. The van der Waals surface area contributed by atoms with E-state index in [1.165, 1.54) is 34.9 Å². The van der Waals surface area contributed by atoms with Gasteiger partial charge < -0.3 is 16.0 Å². The molecule has 0 saturated carbocycles. The molecule has 0 unspecified atom stereocenters. The molecule has 3 N–H and O–H groups in total. The number of rotatable bonds is 10. The quantitative estimate of drug-likeness (QED) is 0.211. The topological polar surface area (TPSA) is 100 Å². The summed E-state index contributed by atoms with van der Waals surface area (Å²) in [5.74, 6) is 0.201. The molecule has 4 rings (SSSR count). The van der Waals surface area contributed by atoms with E-state index in [-0.39, 0.29) is 35.0 Å². The first kappa shape index (κ1) is 26.7. The highest BCUT2D eigenvalue weighted by molar-refractivity contribution is 8.01. The standard InChI is InChI=1S/C27H26N4O3S3/c1-17-7-6-8-18(2)26(17)31-24(33)15-35-14-23(32)29-20-11-12-21-22(13-20)37-27(30-21)36-16-25(34)28-19-9-4-3-5-10-19/h3-13H,14-16H2,1-2H3,(H,28,34)(H,29,32)(H,31,33). The lowest BCUT2D eigenvalue weighted by Gasteiger charge is -2.11. The van der Waals surface area contributed by atoms with Gasteiger partial charge in [0.25, 0.3) is 0 Å². The van der Waals surface area contributed by atoms with Crippen LogP contribution in [0.1, 0.15) is 11.1 Å². The third-order valence-electron chi connectivity index (χ3n) is 5.25. The molecule has 4 aromatic rings. The number of thioether (sulfide) groups is 2. The van der Waals surface area contributed by atoms with Crippen LogP contribution in [-0.2, 0) is 14.4 Å². The van der Waals surface area contributed by atoms with E-state index < -0.39 is 0 Å². The van der Waals surface area contributed by atoms with Crippen LogP contribution in [0.4, 0.5) is 17.1 Å². The van der Waals surface area contributed by atoms with E-state index >= 15 is 0 Å². The fourth-order valence-corrected chi connectivity index (χ4v) is 6.03. The number of hydrogen-bond acceptors (Lipinski definition) is 7. The van der Waals surface area contributed by atoms with Crippen molar-refractivity contribution in [1.82, 2.24) is 4.98 Å². The highest BCUT2D eigenvalue weighted by atomic mass is 32.2. The number of amides is 3. The first-order valence-electron chi connectivity index (χ1n) is 11.5. The Balaban J connectivity index is 1.23. The van der Waals surface area contributed by atoms with Gasteiger partial charge in [0.15, 0.2) is 4.34 Å². The average Bonchev–Trinajstić information content (AvgIpc) is 3.28. The zero-order chi connectivity index (χ0) is 26.2. The summed E-state index contributed by atoms with van der Waals surface area (Å²) in [5, 5.41) is 8.67. The number of anilines is 3. The Labute approximate surface area is 227 Å². The molecule has 3 aromatic carbocycles. The maximum atomic E-state index is 12.4. The average molecular weight is 551 g/mol. The van der Waals surface area contributed by atoms with Crippen LogP contribution in [0.3, 0.4) is 0 Å². The molecule has 0 spiro atoms. The van der Waals surface area contributed by atoms with E-state index in [0.717, 1.165) is 37.1 Å². The van der Waals surface area contributed by atoms with E-state index in [1.807, 2.05) is 74.5 Å². The van der Waals surface area contributed by atoms with Gasteiger partial charge in [-0.05, 0) is 55.3 Å². The minimum absolute atomic E-state index is 0.0939. The Bertz CT molecular complexity index is 1400. The molecule has 1 heterocycles. The van der Waals surface area contributed by atoms with Gasteiger partial charge in [-0.15, -0.1) is 23.1 Å². The van der Waals surface area contributed by atoms with Crippen LogP contribution < -0.4 is 16.0 Å². The Morgan fingerprint density at radius 1 is 0.757 bits per heavy atom. The van der Waals surface area contributed by atoms with Gasteiger partial charge in [-0.25, -0.2) is 4.98 Å². The van der Waals surface area contributed by atoms with E-state index in [2.05, 4.69) is 20.9 Å². The fraction of sp³-hybridized carbons (Fsp3) is 0.185. The monoisotopic (exact) mass is 550 g/mol. The van der Waals surface area contributed by atoms with Crippen molar-refractivity contribution in [3.8, 4) is 0 Å². The second kappa shape index (κ2) is 12.8. The number of carbonyl (C=O) groups excluding carboxylic acids is 3. The van der Waals surface area contributed by atoms with E-state index in [0.29, 0.717) is 5.69 Å². The largest absolute Gasteiger partial charge is 0.325 e. The molecule has 10 heteroatoms. The molecule has 7 nitrogen and oxygen atoms in total. The van der Waals surface area contributed by atoms with Gasteiger partial charge in [0.1, 0.15) is 0 Å². The molecule has 37 heavy (non-hydrogen) atoms. The summed E-state index contributed by atoms with van der Waals surface area (Å²) in [7, 11) is 0. The predicted molar refractivity (Wildman–Crippen MR) is 156 cm³/mol. The smallest absolute Gasteiger partial charge is 0.234 e. The molecule has 0 atom stereocenters. The van der Waals surface area contributed by atoms with Gasteiger partial charge in [0.2, 0.25) is 17.7 Å². The molecule has 190 valence electrons. The summed E-state index contributed by atoms with van der Waals surface area (Å²) >= 11 is 4.11. The molecule has 1 aromatic heterocycles. The fourth-order valence-electron chi connectivity index (χ4n) is 3.51. The van der Waals surface area contributed by atoms with Crippen molar-refractivity contribution in [2.24, 2.45) is 0 Å². The summed E-state index contributed by atoms with van der Waals surface area (Å²) < 4.78 is 1.71. The molecule has 0 radical (unpaired) electrons. The van der Waals surface area contributed by atoms with Crippen LogP contribution in [0.2, 0.25) is 0 Å². The molecular formula is C27H26N4O3S3. The zero-order valence-corrected chi connectivity index (χ0v) is 22.8. The number of nitrogens with one attached hydrogen (secondary N) is 3. The van der Waals surface area contributed by atoms with E-state index in [4.69, 9.17) is 0 Å². The van der Waals surface area contributed by atoms with Gasteiger partial charge in [0, 0.05) is 17.1 Å². The van der Waals surface area contributed by atoms with Crippen molar-refractivity contribution in [1.29, 1.82) is 0 Å². The van der Waals surface area contributed by atoms with Gasteiger partial charge in [-0.3, -0.25) is 14.4 Å². The van der Waals surface area contributed by atoms with Crippen molar-refractivity contribution >= 4 is 79.9 Å². The molecular weight excluding hydrogens is 525 g/mol. The Kier molecular flexibility index (Phi) is 9.21. The Hall–Kier alpha value is -3.34. The minimum Gasteiger partial charge on any atom is -0.325 e. The van der Waals surface area contributed by atoms with Gasteiger partial charge >= 0.3 is 0 Å². The second-order valence-electron chi connectivity index (χ2n) is 8.22. The lowest BCUT2D eigenvalue weighted by Crippen LogP contribution is -2.19. The summed E-state index contributed by atoms with van der Waals surface area (Å²) in [6.45, 7) is 3.90. The highest BCUT2D eigenvalue weighted by Crippen LogP contribution is 2.31. The number of aryl methyl sites for hydroxylation is 2. The number of aromatic nitrogens is 1. The van der Waals surface area contributed by atoms with Gasteiger partial charge in [-0.1, -0.05) is 48.2 Å². The van der Waals surface area contributed by atoms with Crippen molar-refractivity contribution in [3.63, 3.8) is 0 Å². The lowest BCUT2D eigenvalue weighted by molar-refractivity contribution is -0.114. The highest BCUT2D eigenvalue weighted by Gasteiger charge is 2.12. The van der Waals surface area contributed by atoms with E-state index in [1.54, 1.807) is 6.07 Å². The van der Waals surface area contributed by atoms with Crippen LogP contribution >= 0.6 is 34.9 Å². The van der Waals surface area contributed by atoms with Crippen LogP contribution in [0.15, 0.2) is 71.1 Å². The number of benzene rings is 3. The number of nitrogens with zero attached hydrogens (tertiary/aromatic N) is 1.